The van der Waals surface area contributed by atoms with Gasteiger partial charge in [-0.1, -0.05) is 6.92 Å². The Balaban J connectivity index is 2.21. The zero-order valence-electron chi connectivity index (χ0n) is 9.30. The van der Waals surface area contributed by atoms with Gasteiger partial charge in [0.15, 0.2) is 0 Å². The van der Waals surface area contributed by atoms with Gasteiger partial charge in [-0.25, -0.2) is 0 Å². The molecule has 1 aromatic heterocycles. The average Bonchev–Trinajstić information content (AvgIpc) is 2.45. The maximum Gasteiger partial charge on any atom is 0.0638 e. The molecule has 0 aliphatic carbocycles. The molecular formula is C10H20N4. The molecule has 14 heavy (non-hydrogen) atoms. The van der Waals surface area contributed by atoms with Crippen molar-refractivity contribution in [2.45, 2.75) is 20.4 Å². The van der Waals surface area contributed by atoms with E-state index in [1.54, 1.807) is 0 Å². The van der Waals surface area contributed by atoms with E-state index in [0.717, 1.165) is 31.9 Å². The second-order valence-corrected chi connectivity index (χ2v) is 3.44. The topological polar surface area (TPSA) is 41.9 Å². The normalized spacial score (nSPS) is 10.8. The summed E-state index contributed by atoms with van der Waals surface area (Å²) in [6, 6.07) is 0. The van der Waals surface area contributed by atoms with Gasteiger partial charge in [-0.3, -0.25) is 4.68 Å². The van der Waals surface area contributed by atoms with E-state index in [0.29, 0.717) is 0 Å². The van der Waals surface area contributed by atoms with Crippen molar-refractivity contribution in [3.63, 3.8) is 0 Å². The fraction of sp³-hybridized carbons (Fsp3) is 0.700. The van der Waals surface area contributed by atoms with Crippen LogP contribution in [0.15, 0.2) is 6.20 Å². The molecule has 0 aliphatic rings. The number of aromatic nitrogens is 2. The molecule has 0 aliphatic heterocycles. The molecule has 80 valence electrons. The molecule has 0 unspecified atom stereocenters. The molecule has 0 radical (unpaired) electrons. The number of aryl methyl sites for hydroxylation is 2. The van der Waals surface area contributed by atoms with Gasteiger partial charge < -0.3 is 10.6 Å². The molecule has 4 heteroatoms. The first-order chi connectivity index (χ1) is 6.74. The van der Waals surface area contributed by atoms with Gasteiger partial charge in [0.2, 0.25) is 0 Å². The van der Waals surface area contributed by atoms with E-state index in [1.807, 2.05) is 18.7 Å². The second-order valence-electron chi connectivity index (χ2n) is 3.44. The molecule has 0 spiro atoms. The Morgan fingerprint density at radius 3 is 2.64 bits per heavy atom. The predicted octanol–water partition coefficient (Wildman–Crippen LogP) is 0.428. The van der Waals surface area contributed by atoms with E-state index < -0.39 is 0 Å². The van der Waals surface area contributed by atoms with E-state index in [4.69, 9.17) is 0 Å². The molecule has 0 atom stereocenters. The third kappa shape index (κ3) is 3.47. The van der Waals surface area contributed by atoms with Crippen LogP contribution in [0.25, 0.3) is 0 Å². The Kier molecular flexibility index (Phi) is 4.62. The Labute approximate surface area is 85.7 Å². The van der Waals surface area contributed by atoms with Gasteiger partial charge in [-0.15, -0.1) is 0 Å². The average molecular weight is 196 g/mol. The molecule has 0 amide bonds. The zero-order chi connectivity index (χ0) is 10.4. The molecule has 1 heterocycles. The molecule has 0 bridgehead atoms. The lowest BCUT2D eigenvalue weighted by Gasteiger charge is -2.03. The summed E-state index contributed by atoms with van der Waals surface area (Å²) in [5, 5.41) is 10.9. The molecule has 0 saturated heterocycles. The number of hydrogen-bond donors (Lipinski definition) is 2. The van der Waals surface area contributed by atoms with Crippen LogP contribution in [0.4, 0.5) is 0 Å². The highest BCUT2D eigenvalue weighted by Gasteiger charge is 2.00. The van der Waals surface area contributed by atoms with E-state index in [1.165, 1.54) is 5.56 Å². The van der Waals surface area contributed by atoms with Crippen LogP contribution in [0.2, 0.25) is 0 Å². The summed E-state index contributed by atoms with van der Waals surface area (Å²) in [7, 11) is 1.95. The van der Waals surface area contributed by atoms with Crippen molar-refractivity contribution >= 4 is 0 Å². The highest BCUT2D eigenvalue weighted by molar-refractivity contribution is 5.14. The molecule has 0 fully saturated rings. The van der Waals surface area contributed by atoms with Crippen molar-refractivity contribution in [3.8, 4) is 0 Å². The molecule has 0 saturated carbocycles. The Bertz CT molecular complexity index is 267. The van der Waals surface area contributed by atoms with Crippen molar-refractivity contribution in [2.75, 3.05) is 19.6 Å². The van der Waals surface area contributed by atoms with E-state index >= 15 is 0 Å². The fourth-order valence-electron chi connectivity index (χ4n) is 1.40. The number of nitrogens with zero attached hydrogens (tertiary/aromatic N) is 2. The lowest BCUT2D eigenvalue weighted by atomic mass is 10.2. The van der Waals surface area contributed by atoms with E-state index in [-0.39, 0.29) is 0 Å². The van der Waals surface area contributed by atoms with E-state index in [9.17, 15) is 0 Å². The van der Waals surface area contributed by atoms with Crippen LogP contribution < -0.4 is 10.6 Å². The van der Waals surface area contributed by atoms with Crippen LogP contribution in [0, 0.1) is 6.92 Å². The van der Waals surface area contributed by atoms with Crippen LogP contribution in [0.5, 0.6) is 0 Å². The summed E-state index contributed by atoms with van der Waals surface area (Å²) in [5.74, 6) is 0. The summed E-state index contributed by atoms with van der Waals surface area (Å²) in [4.78, 5) is 0. The standard InChI is InChI=1S/C10H20N4/c1-4-11-5-6-12-7-10-8-14(3)13-9(10)2/h8,11-12H,4-7H2,1-3H3. The molecule has 0 aromatic carbocycles. The number of hydrogen-bond acceptors (Lipinski definition) is 3. The molecule has 1 aromatic rings. The first-order valence-corrected chi connectivity index (χ1v) is 5.14. The highest BCUT2D eigenvalue weighted by Crippen LogP contribution is 2.02. The first kappa shape index (κ1) is 11.2. The van der Waals surface area contributed by atoms with Crippen molar-refractivity contribution in [1.29, 1.82) is 0 Å². The second kappa shape index (κ2) is 5.78. The Morgan fingerprint density at radius 1 is 1.36 bits per heavy atom. The maximum atomic E-state index is 4.29. The van der Waals surface area contributed by atoms with Crippen LogP contribution in [0.1, 0.15) is 18.2 Å². The van der Waals surface area contributed by atoms with Gasteiger partial charge in [-0.2, -0.15) is 5.10 Å². The summed E-state index contributed by atoms with van der Waals surface area (Å²) in [6.45, 7) is 8.13. The van der Waals surface area contributed by atoms with Crippen LogP contribution in [-0.4, -0.2) is 29.4 Å². The van der Waals surface area contributed by atoms with Gasteiger partial charge >= 0.3 is 0 Å². The van der Waals surface area contributed by atoms with Crippen LogP contribution in [0.3, 0.4) is 0 Å². The highest BCUT2D eigenvalue weighted by atomic mass is 15.2. The quantitative estimate of drug-likeness (QED) is 0.648. The van der Waals surface area contributed by atoms with Crippen LogP contribution in [-0.2, 0) is 13.6 Å². The van der Waals surface area contributed by atoms with Gasteiger partial charge in [-0.05, 0) is 13.5 Å². The Morgan fingerprint density at radius 2 is 2.07 bits per heavy atom. The fourth-order valence-corrected chi connectivity index (χ4v) is 1.40. The smallest absolute Gasteiger partial charge is 0.0638 e. The minimum absolute atomic E-state index is 0.908. The summed E-state index contributed by atoms with van der Waals surface area (Å²) >= 11 is 0. The van der Waals surface area contributed by atoms with Crippen molar-refractivity contribution in [3.05, 3.63) is 17.5 Å². The minimum atomic E-state index is 0.908. The van der Waals surface area contributed by atoms with E-state index in [2.05, 4.69) is 28.9 Å². The first-order valence-electron chi connectivity index (χ1n) is 5.14. The lowest BCUT2D eigenvalue weighted by Crippen LogP contribution is -2.26. The molecule has 1 rings (SSSR count). The summed E-state index contributed by atoms with van der Waals surface area (Å²) in [6.07, 6.45) is 2.07. The number of likely N-dealkylation sites (N-methyl/N-ethyl adjacent to an activating group) is 1. The zero-order valence-corrected chi connectivity index (χ0v) is 9.30. The van der Waals surface area contributed by atoms with Crippen molar-refractivity contribution in [2.24, 2.45) is 7.05 Å². The molecule has 4 nitrogen and oxygen atoms in total. The third-order valence-corrected chi connectivity index (χ3v) is 2.16. The number of rotatable bonds is 6. The summed E-state index contributed by atoms with van der Waals surface area (Å²) in [5.41, 5.74) is 2.40. The van der Waals surface area contributed by atoms with Gasteiger partial charge in [0.25, 0.3) is 0 Å². The van der Waals surface area contributed by atoms with Crippen molar-refractivity contribution < 1.29 is 0 Å². The largest absolute Gasteiger partial charge is 0.316 e. The van der Waals surface area contributed by atoms with Crippen LogP contribution >= 0.6 is 0 Å². The number of nitrogens with one attached hydrogen (secondary N) is 2. The van der Waals surface area contributed by atoms with Gasteiger partial charge in [0, 0.05) is 38.4 Å². The summed E-state index contributed by atoms with van der Waals surface area (Å²) < 4.78 is 1.86. The Hall–Kier alpha value is -0.870. The van der Waals surface area contributed by atoms with Gasteiger partial charge in [0.05, 0.1) is 5.69 Å². The lowest BCUT2D eigenvalue weighted by molar-refractivity contribution is 0.623. The molecule has 2 N–H and O–H groups in total. The SMILES string of the molecule is CCNCCNCc1cn(C)nc1C. The monoisotopic (exact) mass is 196 g/mol. The van der Waals surface area contributed by atoms with Gasteiger partial charge in [0.1, 0.15) is 0 Å². The molecular weight excluding hydrogens is 176 g/mol. The maximum absolute atomic E-state index is 4.29. The predicted molar refractivity (Wildman–Crippen MR) is 58.2 cm³/mol. The minimum Gasteiger partial charge on any atom is -0.316 e. The van der Waals surface area contributed by atoms with Crippen molar-refractivity contribution in [1.82, 2.24) is 20.4 Å². The third-order valence-electron chi connectivity index (χ3n) is 2.16.